The van der Waals surface area contributed by atoms with Gasteiger partial charge in [0.1, 0.15) is 0 Å². The zero-order chi connectivity index (χ0) is 22.4. The van der Waals surface area contributed by atoms with Gasteiger partial charge in [0, 0.05) is 5.69 Å². The molecule has 5 heteroatoms. The van der Waals surface area contributed by atoms with Crippen LogP contribution in [0.2, 0.25) is 0 Å². The summed E-state index contributed by atoms with van der Waals surface area (Å²) in [6.45, 7) is 2.03. The maximum absolute atomic E-state index is 12.9. The summed E-state index contributed by atoms with van der Waals surface area (Å²) in [4.78, 5) is 27.9. The fourth-order valence-corrected chi connectivity index (χ4v) is 4.88. The summed E-state index contributed by atoms with van der Waals surface area (Å²) >= 11 is 0. The molecule has 3 aromatic rings. The monoisotopic (exact) mass is 425 g/mol. The number of aryl methyl sites for hydroxylation is 1. The maximum Gasteiger partial charge on any atom is 0.336 e. The van der Waals surface area contributed by atoms with E-state index >= 15 is 0 Å². The molecule has 2 bridgehead atoms. The van der Waals surface area contributed by atoms with Gasteiger partial charge in [-0.3, -0.25) is 0 Å². The molecule has 3 aromatic carbocycles. The first-order chi connectivity index (χ1) is 15.5. The van der Waals surface area contributed by atoms with Crippen molar-refractivity contribution in [1.82, 2.24) is 0 Å². The van der Waals surface area contributed by atoms with Gasteiger partial charge >= 0.3 is 11.9 Å². The van der Waals surface area contributed by atoms with E-state index in [0.717, 1.165) is 33.5 Å². The SMILES string of the molecule is COC(=O)C1=C(C(=O)OC)C2c3cc(-c4ccccc4)ccc3C1N2c1ccc(C)cc1. The van der Waals surface area contributed by atoms with Crippen molar-refractivity contribution in [3.8, 4) is 11.1 Å². The van der Waals surface area contributed by atoms with E-state index < -0.39 is 24.0 Å². The highest BCUT2D eigenvalue weighted by molar-refractivity contribution is 6.06. The lowest BCUT2D eigenvalue weighted by Crippen LogP contribution is -2.23. The first kappa shape index (κ1) is 20.1. The minimum absolute atomic E-state index is 0.350. The van der Waals surface area contributed by atoms with Gasteiger partial charge in [-0.25, -0.2) is 9.59 Å². The molecule has 5 rings (SSSR count). The Labute approximate surface area is 186 Å². The van der Waals surface area contributed by atoms with Crippen LogP contribution >= 0.6 is 0 Å². The van der Waals surface area contributed by atoms with Gasteiger partial charge in [-0.2, -0.15) is 0 Å². The van der Waals surface area contributed by atoms with Crippen LogP contribution in [-0.2, 0) is 19.1 Å². The Morgan fingerprint density at radius 1 is 0.719 bits per heavy atom. The number of anilines is 1. The average molecular weight is 425 g/mol. The van der Waals surface area contributed by atoms with Crippen molar-refractivity contribution in [3.05, 3.63) is 101 Å². The number of hydrogen-bond acceptors (Lipinski definition) is 5. The van der Waals surface area contributed by atoms with Gasteiger partial charge in [0.05, 0.1) is 37.4 Å². The molecule has 0 N–H and O–H groups in total. The van der Waals surface area contributed by atoms with Crippen LogP contribution in [0.1, 0.15) is 28.8 Å². The number of rotatable bonds is 4. The van der Waals surface area contributed by atoms with Gasteiger partial charge < -0.3 is 14.4 Å². The second kappa shape index (κ2) is 7.68. The van der Waals surface area contributed by atoms with E-state index in [2.05, 4.69) is 35.2 Å². The molecule has 2 aliphatic heterocycles. The Morgan fingerprint density at radius 2 is 1.31 bits per heavy atom. The lowest BCUT2D eigenvalue weighted by molar-refractivity contribution is -0.139. The summed E-state index contributed by atoms with van der Waals surface area (Å²) in [5.41, 5.74) is 6.93. The maximum atomic E-state index is 12.9. The van der Waals surface area contributed by atoms with E-state index in [1.807, 2.05) is 49.4 Å². The number of carbonyl (C=O) groups is 2. The molecular weight excluding hydrogens is 402 g/mol. The molecule has 0 aromatic heterocycles. The number of nitrogens with zero attached hydrogens (tertiary/aromatic N) is 1. The van der Waals surface area contributed by atoms with E-state index in [9.17, 15) is 9.59 Å². The molecule has 2 heterocycles. The summed E-state index contributed by atoms with van der Waals surface area (Å²) in [6, 6.07) is 23.6. The van der Waals surface area contributed by atoms with Crippen molar-refractivity contribution in [3.63, 3.8) is 0 Å². The van der Waals surface area contributed by atoms with Crippen LogP contribution < -0.4 is 4.90 Å². The largest absolute Gasteiger partial charge is 0.466 e. The summed E-state index contributed by atoms with van der Waals surface area (Å²) in [5, 5.41) is 0. The van der Waals surface area contributed by atoms with E-state index in [-0.39, 0.29) is 0 Å². The topological polar surface area (TPSA) is 55.8 Å². The highest BCUT2D eigenvalue weighted by Crippen LogP contribution is 2.58. The average Bonchev–Trinajstić information content (AvgIpc) is 3.35. The van der Waals surface area contributed by atoms with Crippen LogP contribution in [0.25, 0.3) is 11.1 Å². The quantitative estimate of drug-likeness (QED) is 0.556. The molecule has 0 spiro atoms. The van der Waals surface area contributed by atoms with Crippen LogP contribution in [0.5, 0.6) is 0 Å². The van der Waals surface area contributed by atoms with E-state index in [0.29, 0.717) is 11.1 Å². The van der Waals surface area contributed by atoms with Crippen LogP contribution in [0.4, 0.5) is 5.69 Å². The Hall–Kier alpha value is -3.86. The third-order valence-corrected chi connectivity index (χ3v) is 6.32. The van der Waals surface area contributed by atoms with Crippen molar-refractivity contribution < 1.29 is 19.1 Å². The fourth-order valence-electron chi connectivity index (χ4n) is 4.88. The lowest BCUT2D eigenvalue weighted by atomic mass is 9.84. The van der Waals surface area contributed by atoms with Crippen LogP contribution in [0.15, 0.2) is 83.9 Å². The van der Waals surface area contributed by atoms with Gasteiger partial charge in [-0.15, -0.1) is 0 Å². The third-order valence-electron chi connectivity index (χ3n) is 6.32. The third kappa shape index (κ3) is 2.93. The Morgan fingerprint density at radius 3 is 1.91 bits per heavy atom. The second-order valence-corrected chi connectivity index (χ2v) is 8.07. The van der Waals surface area contributed by atoms with Crippen molar-refractivity contribution >= 4 is 17.6 Å². The number of esters is 2. The molecule has 2 unspecified atom stereocenters. The Balaban J connectivity index is 1.72. The molecule has 0 amide bonds. The molecule has 32 heavy (non-hydrogen) atoms. The predicted molar refractivity (Wildman–Crippen MR) is 122 cm³/mol. The zero-order valence-corrected chi connectivity index (χ0v) is 18.2. The van der Waals surface area contributed by atoms with Crippen LogP contribution in [0, 0.1) is 6.92 Å². The van der Waals surface area contributed by atoms with Gasteiger partial charge in [0.25, 0.3) is 0 Å². The molecule has 2 atom stereocenters. The number of fused-ring (bicyclic) bond motifs is 5. The summed E-state index contributed by atoms with van der Waals surface area (Å²) in [5.74, 6) is -1.02. The number of benzene rings is 3. The molecule has 0 saturated carbocycles. The molecular formula is C27H23NO4. The molecule has 160 valence electrons. The lowest BCUT2D eigenvalue weighted by Gasteiger charge is -2.26. The van der Waals surface area contributed by atoms with Crippen molar-refractivity contribution in [2.75, 3.05) is 19.1 Å². The molecule has 2 aliphatic rings. The summed E-state index contributed by atoms with van der Waals surface area (Å²) < 4.78 is 10.2. The fraction of sp³-hybridized carbons (Fsp3) is 0.185. The number of ether oxygens (including phenoxy) is 2. The first-order valence-corrected chi connectivity index (χ1v) is 10.5. The van der Waals surface area contributed by atoms with E-state index in [1.54, 1.807) is 0 Å². The summed E-state index contributed by atoms with van der Waals surface area (Å²) in [6.07, 6.45) is 0. The van der Waals surface area contributed by atoms with Gasteiger partial charge in [0.15, 0.2) is 0 Å². The molecule has 0 radical (unpaired) electrons. The number of methoxy groups -OCH3 is 2. The van der Waals surface area contributed by atoms with E-state index in [1.165, 1.54) is 14.2 Å². The van der Waals surface area contributed by atoms with Crippen molar-refractivity contribution in [1.29, 1.82) is 0 Å². The van der Waals surface area contributed by atoms with Crippen molar-refractivity contribution in [2.45, 2.75) is 19.0 Å². The zero-order valence-electron chi connectivity index (χ0n) is 18.2. The predicted octanol–water partition coefficient (Wildman–Crippen LogP) is 4.92. The summed E-state index contributed by atoms with van der Waals surface area (Å²) in [7, 11) is 2.68. The standard InChI is InChI=1S/C27H23NO4/c1-16-9-12-19(13-10-16)28-24-20-14-11-18(17-7-5-4-6-8-17)15-21(20)25(28)23(27(30)32-3)22(24)26(29)31-2/h4-15,24-25H,1-3H3. The molecule has 5 nitrogen and oxygen atoms in total. The van der Waals surface area contributed by atoms with Crippen LogP contribution in [0.3, 0.4) is 0 Å². The molecule has 0 fully saturated rings. The van der Waals surface area contributed by atoms with E-state index in [4.69, 9.17) is 9.47 Å². The van der Waals surface area contributed by atoms with Crippen LogP contribution in [-0.4, -0.2) is 26.2 Å². The molecule has 0 aliphatic carbocycles. The van der Waals surface area contributed by atoms with Gasteiger partial charge in [-0.05, 0) is 47.4 Å². The van der Waals surface area contributed by atoms with Gasteiger partial charge in [0.2, 0.25) is 0 Å². The Bertz CT molecular complexity index is 1240. The minimum Gasteiger partial charge on any atom is -0.466 e. The molecule has 0 saturated heterocycles. The van der Waals surface area contributed by atoms with Crippen molar-refractivity contribution in [2.24, 2.45) is 0 Å². The minimum atomic E-state index is -0.509. The second-order valence-electron chi connectivity index (χ2n) is 8.07. The normalized spacial score (nSPS) is 18.5. The highest BCUT2D eigenvalue weighted by Gasteiger charge is 2.54. The first-order valence-electron chi connectivity index (χ1n) is 10.5. The number of hydrogen-bond donors (Lipinski definition) is 0. The number of carbonyl (C=O) groups excluding carboxylic acids is 2. The Kier molecular flexibility index (Phi) is 4.82. The smallest absolute Gasteiger partial charge is 0.336 e. The highest BCUT2D eigenvalue weighted by atomic mass is 16.5. The van der Waals surface area contributed by atoms with Gasteiger partial charge in [-0.1, -0.05) is 60.2 Å².